The quantitative estimate of drug-likeness (QED) is 0.630. The lowest BCUT2D eigenvalue weighted by Gasteiger charge is -2.39. The second-order valence-electron chi connectivity index (χ2n) is 6.99. The maximum Gasteiger partial charge on any atom is 0.174 e. The third-order valence-corrected chi connectivity index (χ3v) is 5.46. The smallest absolute Gasteiger partial charge is 0.174 e. The van der Waals surface area contributed by atoms with Crippen LogP contribution in [0.25, 0.3) is 0 Å². The van der Waals surface area contributed by atoms with Gasteiger partial charge >= 0.3 is 0 Å². The van der Waals surface area contributed by atoms with E-state index >= 15 is 0 Å². The van der Waals surface area contributed by atoms with Gasteiger partial charge in [0.1, 0.15) is 5.82 Å². The number of aromatic nitrogens is 1. The van der Waals surface area contributed by atoms with Gasteiger partial charge in [-0.15, -0.1) is 0 Å². The fraction of sp³-hybridized carbons (Fsp3) is 0.227. The lowest BCUT2D eigenvalue weighted by molar-refractivity contribution is 0.288. The normalized spacial score (nSPS) is 16.1. The fourth-order valence-electron chi connectivity index (χ4n) is 3.77. The molecule has 0 saturated carbocycles. The van der Waals surface area contributed by atoms with Gasteiger partial charge in [-0.1, -0.05) is 35.9 Å². The van der Waals surface area contributed by atoms with E-state index in [0.29, 0.717) is 10.7 Å². The predicted molar refractivity (Wildman–Crippen MR) is 112 cm³/mol. The summed E-state index contributed by atoms with van der Waals surface area (Å²) in [7, 11) is 0. The van der Waals surface area contributed by atoms with E-state index in [1.54, 1.807) is 6.07 Å². The van der Waals surface area contributed by atoms with Gasteiger partial charge in [-0.25, -0.2) is 4.39 Å². The largest absolute Gasteiger partial charge is 0.348 e. The zero-order valence-electron chi connectivity index (χ0n) is 15.4. The van der Waals surface area contributed by atoms with Crippen molar-refractivity contribution in [3.63, 3.8) is 0 Å². The van der Waals surface area contributed by atoms with Gasteiger partial charge in [0.2, 0.25) is 0 Å². The van der Waals surface area contributed by atoms with Crippen LogP contribution in [-0.2, 0) is 6.54 Å². The molecule has 0 unspecified atom stereocenters. The number of anilines is 1. The highest BCUT2D eigenvalue weighted by Crippen LogP contribution is 2.34. The summed E-state index contributed by atoms with van der Waals surface area (Å²) in [6.45, 7) is 5.68. The Labute approximate surface area is 164 Å². The van der Waals surface area contributed by atoms with Crippen LogP contribution in [0.4, 0.5) is 10.1 Å². The SMILES string of the molecule is Cc1ccc(NC(=S)N2CCn3cccc3[C@H]2c2ccccc2F)c(C)c1. The van der Waals surface area contributed by atoms with Crippen molar-refractivity contribution in [2.24, 2.45) is 0 Å². The molecule has 1 aromatic heterocycles. The number of benzene rings is 2. The van der Waals surface area contributed by atoms with Gasteiger partial charge in [0.25, 0.3) is 0 Å². The van der Waals surface area contributed by atoms with Gasteiger partial charge < -0.3 is 14.8 Å². The molecule has 1 aliphatic rings. The summed E-state index contributed by atoms with van der Waals surface area (Å²) >= 11 is 5.75. The van der Waals surface area contributed by atoms with E-state index in [9.17, 15) is 4.39 Å². The first-order valence-electron chi connectivity index (χ1n) is 9.09. The lowest BCUT2D eigenvalue weighted by atomic mass is 9.99. The zero-order chi connectivity index (χ0) is 19.0. The molecular weight excluding hydrogens is 357 g/mol. The summed E-state index contributed by atoms with van der Waals surface area (Å²) < 4.78 is 16.8. The molecule has 0 aliphatic carbocycles. The molecule has 0 radical (unpaired) electrons. The molecule has 138 valence electrons. The van der Waals surface area contributed by atoms with Crippen LogP contribution in [-0.4, -0.2) is 21.1 Å². The summed E-state index contributed by atoms with van der Waals surface area (Å²) in [4.78, 5) is 2.09. The fourth-order valence-corrected chi connectivity index (χ4v) is 4.07. The molecule has 27 heavy (non-hydrogen) atoms. The number of hydrogen-bond acceptors (Lipinski definition) is 1. The highest BCUT2D eigenvalue weighted by atomic mass is 32.1. The van der Waals surface area contributed by atoms with Gasteiger partial charge in [0, 0.05) is 36.2 Å². The maximum absolute atomic E-state index is 14.6. The van der Waals surface area contributed by atoms with Crippen molar-refractivity contribution in [1.29, 1.82) is 0 Å². The first-order chi connectivity index (χ1) is 13.0. The molecule has 3 nitrogen and oxygen atoms in total. The Balaban J connectivity index is 1.70. The van der Waals surface area contributed by atoms with Gasteiger partial charge in [-0.05, 0) is 55.9 Å². The van der Waals surface area contributed by atoms with Crippen LogP contribution >= 0.6 is 12.2 Å². The molecule has 5 heteroatoms. The first kappa shape index (κ1) is 17.7. The molecule has 2 aromatic carbocycles. The van der Waals surface area contributed by atoms with E-state index in [2.05, 4.69) is 40.8 Å². The second-order valence-corrected chi connectivity index (χ2v) is 7.38. The molecule has 2 heterocycles. The Hall–Kier alpha value is -2.66. The summed E-state index contributed by atoms with van der Waals surface area (Å²) in [5, 5.41) is 3.99. The predicted octanol–water partition coefficient (Wildman–Crippen LogP) is 5.05. The molecule has 0 spiro atoms. The maximum atomic E-state index is 14.6. The minimum absolute atomic E-state index is 0.212. The van der Waals surface area contributed by atoms with Crippen LogP contribution in [0.15, 0.2) is 60.8 Å². The molecule has 3 aromatic rings. The number of fused-ring (bicyclic) bond motifs is 1. The molecule has 1 N–H and O–H groups in total. The van der Waals surface area contributed by atoms with Gasteiger partial charge in [-0.3, -0.25) is 0 Å². The average Bonchev–Trinajstić information content (AvgIpc) is 3.12. The molecule has 4 rings (SSSR count). The van der Waals surface area contributed by atoms with Crippen molar-refractivity contribution in [3.05, 3.63) is 89.0 Å². The number of halogens is 1. The van der Waals surface area contributed by atoms with E-state index in [0.717, 1.165) is 30.0 Å². The summed E-state index contributed by atoms with van der Waals surface area (Å²) in [5.74, 6) is -0.212. The van der Waals surface area contributed by atoms with E-state index in [4.69, 9.17) is 12.2 Å². The van der Waals surface area contributed by atoms with Gasteiger partial charge in [0.15, 0.2) is 5.11 Å². The number of thiocarbonyl (C=S) groups is 1. The molecule has 1 atom stereocenters. The Morgan fingerprint density at radius 3 is 2.67 bits per heavy atom. The van der Waals surface area contributed by atoms with Crippen molar-refractivity contribution < 1.29 is 4.39 Å². The topological polar surface area (TPSA) is 20.2 Å². The number of nitrogens with zero attached hydrogens (tertiary/aromatic N) is 2. The monoisotopic (exact) mass is 379 g/mol. The van der Waals surface area contributed by atoms with Crippen LogP contribution in [0, 0.1) is 19.7 Å². The first-order valence-corrected chi connectivity index (χ1v) is 9.50. The minimum Gasteiger partial charge on any atom is -0.348 e. The highest BCUT2D eigenvalue weighted by Gasteiger charge is 2.32. The third kappa shape index (κ3) is 3.35. The van der Waals surface area contributed by atoms with E-state index < -0.39 is 0 Å². The average molecular weight is 380 g/mol. The summed E-state index contributed by atoms with van der Waals surface area (Å²) in [5.41, 5.74) is 5.03. The van der Waals surface area contributed by atoms with Crippen LogP contribution in [0.5, 0.6) is 0 Å². The zero-order valence-corrected chi connectivity index (χ0v) is 16.3. The summed E-state index contributed by atoms with van der Waals surface area (Å²) in [6, 6.07) is 17.0. The Morgan fingerprint density at radius 2 is 1.89 bits per heavy atom. The van der Waals surface area contributed by atoms with Crippen molar-refractivity contribution in [3.8, 4) is 0 Å². The van der Waals surface area contributed by atoms with Gasteiger partial charge in [0.05, 0.1) is 6.04 Å². The number of aryl methyl sites for hydroxylation is 2. The van der Waals surface area contributed by atoms with E-state index in [-0.39, 0.29) is 11.9 Å². The van der Waals surface area contributed by atoms with Crippen LogP contribution in [0.3, 0.4) is 0 Å². The van der Waals surface area contributed by atoms with Crippen LogP contribution < -0.4 is 5.32 Å². The van der Waals surface area contributed by atoms with Gasteiger partial charge in [-0.2, -0.15) is 0 Å². The van der Waals surface area contributed by atoms with Crippen molar-refractivity contribution in [1.82, 2.24) is 9.47 Å². The van der Waals surface area contributed by atoms with Crippen molar-refractivity contribution >= 4 is 23.0 Å². The molecular formula is C22H22FN3S. The van der Waals surface area contributed by atoms with Crippen molar-refractivity contribution in [2.75, 3.05) is 11.9 Å². The minimum atomic E-state index is -0.249. The molecule has 0 saturated heterocycles. The lowest BCUT2D eigenvalue weighted by Crippen LogP contribution is -2.44. The second kappa shape index (κ2) is 7.16. The van der Waals surface area contributed by atoms with E-state index in [1.807, 2.05) is 36.5 Å². The van der Waals surface area contributed by atoms with Crippen molar-refractivity contribution in [2.45, 2.75) is 26.4 Å². The molecule has 0 fully saturated rings. The Bertz CT molecular complexity index is 995. The van der Waals surface area contributed by atoms with E-state index in [1.165, 1.54) is 11.6 Å². The highest BCUT2D eigenvalue weighted by molar-refractivity contribution is 7.80. The molecule has 0 amide bonds. The number of rotatable bonds is 2. The summed E-state index contributed by atoms with van der Waals surface area (Å²) in [6.07, 6.45) is 2.04. The Kier molecular flexibility index (Phi) is 4.70. The van der Waals surface area contributed by atoms with Crippen LogP contribution in [0.1, 0.15) is 28.4 Å². The molecule has 1 aliphatic heterocycles. The standard InChI is InChI=1S/C22H22FN3S/c1-15-9-10-19(16(2)14-15)24-22(27)26-13-12-25-11-5-8-20(25)21(26)17-6-3-4-7-18(17)23/h3-11,14,21H,12-13H2,1-2H3,(H,24,27)/t21-/m1/s1. The number of nitrogens with one attached hydrogen (secondary N) is 1. The Morgan fingerprint density at radius 1 is 1.07 bits per heavy atom. The third-order valence-electron chi connectivity index (χ3n) is 5.12. The molecule has 0 bridgehead atoms. The van der Waals surface area contributed by atoms with Crippen LogP contribution in [0.2, 0.25) is 0 Å². The number of hydrogen-bond donors (Lipinski definition) is 1.